The van der Waals surface area contributed by atoms with Gasteiger partial charge in [-0.05, 0) is 71.6 Å². The van der Waals surface area contributed by atoms with E-state index in [1.54, 1.807) is 61.7 Å². The summed E-state index contributed by atoms with van der Waals surface area (Å²) < 4.78 is 22.2. The lowest BCUT2D eigenvalue weighted by molar-refractivity contribution is -0.140. The monoisotopic (exact) mass is 563 g/mol. The summed E-state index contributed by atoms with van der Waals surface area (Å²) in [7, 11) is 1.57. The lowest BCUT2D eigenvalue weighted by atomic mass is 9.94. The Balaban J connectivity index is 1.36. The van der Waals surface area contributed by atoms with Gasteiger partial charge in [-0.1, -0.05) is 48.5 Å². The van der Waals surface area contributed by atoms with Crippen molar-refractivity contribution in [1.82, 2.24) is 4.90 Å². The summed E-state index contributed by atoms with van der Waals surface area (Å²) in [5.74, 6) is 0.790. The molecule has 0 saturated carbocycles. The number of carbonyl (C=O) groups is 2. The molecule has 1 fully saturated rings. The molecule has 6 rings (SSSR count). The quantitative estimate of drug-likeness (QED) is 0.161. The average molecular weight is 564 g/mol. The molecule has 1 N–H and O–H groups in total. The molecule has 8 heteroatoms. The molecule has 1 amide bonds. The number of methoxy groups -OCH3 is 1. The molecule has 0 spiro atoms. The number of ketones is 1. The van der Waals surface area contributed by atoms with Crippen LogP contribution >= 0.6 is 0 Å². The predicted molar refractivity (Wildman–Crippen MR) is 155 cm³/mol. The number of aliphatic hydroxyl groups is 1. The fourth-order valence-electron chi connectivity index (χ4n) is 5.26. The zero-order valence-electron chi connectivity index (χ0n) is 23.2. The second kappa shape index (κ2) is 11.3. The maximum Gasteiger partial charge on any atom is 0.295 e. The van der Waals surface area contributed by atoms with Crippen molar-refractivity contribution in [2.45, 2.75) is 26.1 Å². The van der Waals surface area contributed by atoms with Gasteiger partial charge in [-0.2, -0.15) is 0 Å². The summed E-state index contributed by atoms with van der Waals surface area (Å²) in [5.41, 5.74) is 3.67. The first kappa shape index (κ1) is 27.0. The van der Waals surface area contributed by atoms with Crippen LogP contribution in [0.3, 0.4) is 0 Å². The van der Waals surface area contributed by atoms with Gasteiger partial charge in [0.1, 0.15) is 23.9 Å². The first-order valence-corrected chi connectivity index (χ1v) is 13.5. The molecule has 2 heterocycles. The molecule has 0 aliphatic carbocycles. The molecule has 8 nitrogen and oxygen atoms in total. The van der Waals surface area contributed by atoms with Crippen molar-refractivity contribution >= 4 is 17.4 Å². The highest BCUT2D eigenvalue weighted by Gasteiger charge is 2.46. The van der Waals surface area contributed by atoms with Crippen LogP contribution in [0.15, 0.2) is 96.6 Å². The number of carbonyl (C=O) groups excluding carboxylic acids is 2. The Kier molecular flexibility index (Phi) is 7.27. The summed E-state index contributed by atoms with van der Waals surface area (Å²) in [6, 6.07) is 26.7. The molecule has 2 aliphatic heterocycles. The third-order valence-electron chi connectivity index (χ3n) is 7.45. The maximum atomic E-state index is 13.5. The third kappa shape index (κ3) is 5.14. The predicted octanol–water partition coefficient (Wildman–Crippen LogP) is 5.93. The van der Waals surface area contributed by atoms with E-state index in [4.69, 9.17) is 18.9 Å². The second-order valence-electron chi connectivity index (χ2n) is 10.1. The van der Waals surface area contributed by atoms with Crippen LogP contribution in [-0.4, -0.2) is 35.6 Å². The molecule has 1 saturated heterocycles. The van der Waals surface area contributed by atoms with Crippen LogP contribution in [0.1, 0.15) is 33.9 Å². The third-order valence-corrected chi connectivity index (χ3v) is 7.45. The molecule has 4 aromatic carbocycles. The molecule has 4 aromatic rings. The molecule has 0 bridgehead atoms. The van der Waals surface area contributed by atoms with Crippen molar-refractivity contribution in [3.63, 3.8) is 0 Å². The molecular formula is C34H29NO7. The van der Waals surface area contributed by atoms with Crippen LogP contribution in [0, 0.1) is 6.92 Å². The van der Waals surface area contributed by atoms with E-state index in [1.165, 1.54) is 4.90 Å². The lowest BCUT2D eigenvalue weighted by Gasteiger charge is -2.25. The van der Waals surface area contributed by atoms with Crippen molar-refractivity contribution in [2.75, 3.05) is 13.9 Å². The molecular weight excluding hydrogens is 534 g/mol. The van der Waals surface area contributed by atoms with Crippen molar-refractivity contribution in [1.29, 1.82) is 0 Å². The van der Waals surface area contributed by atoms with E-state index in [-0.39, 0.29) is 24.7 Å². The lowest BCUT2D eigenvalue weighted by Crippen LogP contribution is -2.29. The fourth-order valence-corrected chi connectivity index (χ4v) is 5.26. The van der Waals surface area contributed by atoms with Crippen molar-refractivity contribution in [2.24, 2.45) is 0 Å². The number of rotatable bonds is 8. The number of hydrogen-bond acceptors (Lipinski definition) is 7. The topological polar surface area (TPSA) is 94.5 Å². The number of Topliss-reactive ketones (excluding diaryl/α,β-unsaturated/α-hetero) is 1. The molecule has 0 aromatic heterocycles. The zero-order valence-corrected chi connectivity index (χ0v) is 23.2. The molecule has 2 aliphatic rings. The van der Waals surface area contributed by atoms with Crippen molar-refractivity contribution in [3.05, 3.63) is 124 Å². The number of aliphatic hydroxyl groups excluding tert-OH is 1. The minimum atomic E-state index is -0.823. The number of amides is 1. The highest BCUT2D eigenvalue weighted by Crippen LogP contribution is 2.42. The molecule has 1 atom stereocenters. The van der Waals surface area contributed by atoms with Crippen LogP contribution in [0.2, 0.25) is 0 Å². The van der Waals surface area contributed by atoms with Gasteiger partial charge in [-0.25, -0.2) is 0 Å². The Morgan fingerprint density at radius 3 is 2.40 bits per heavy atom. The van der Waals surface area contributed by atoms with Gasteiger partial charge in [0, 0.05) is 12.1 Å². The van der Waals surface area contributed by atoms with E-state index in [0.717, 1.165) is 16.7 Å². The fraction of sp³-hybridized carbons (Fsp3) is 0.176. The largest absolute Gasteiger partial charge is 0.507 e. The second-order valence-corrected chi connectivity index (χ2v) is 10.1. The van der Waals surface area contributed by atoms with Crippen molar-refractivity contribution in [3.8, 4) is 23.0 Å². The highest BCUT2D eigenvalue weighted by atomic mass is 16.7. The summed E-state index contributed by atoms with van der Waals surface area (Å²) in [4.78, 5) is 28.5. The Morgan fingerprint density at radius 2 is 1.67 bits per heavy atom. The van der Waals surface area contributed by atoms with Crippen LogP contribution in [-0.2, 0) is 22.7 Å². The Hall–Kier alpha value is -5.24. The molecule has 42 heavy (non-hydrogen) atoms. The number of fused-ring (bicyclic) bond motifs is 1. The number of ether oxygens (including phenoxy) is 4. The van der Waals surface area contributed by atoms with Crippen LogP contribution in [0.25, 0.3) is 5.76 Å². The van der Waals surface area contributed by atoms with Gasteiger partial charge in [-0.15, -0.1) is 0 Å². The smallest absolute Gasteiger partial charge is 0.295 e. The number of hydrogen-bond donors (Lipinski definition) is 1. The first-order valence-electron chi connectivity index (χ1n) is 13.5. The SMILES string of the molecule is COc1ccc(C2/C(=C(\O)c3ccc(OCc4ccccc4)c(C)c3)C(=O)C(=O)N2Cc2ccc3c(c2)OCO3)cc1. The zero-order chi connectivity index (χ0) is 29.2. The van der Waals surface area contributed by atoms with Gasteiger partial charge >= 0.3 is 0 Å². The van der Waals surface area contributed by atoms with E-state index in [9.17, 15) is 14.7 Å². The van der Waals surface area contributed by atoms with E-state index in [2.05, 4.69) is 0 Å². The van der Waals surface area contributed by atoms with Gasteiger partial charge in [0.05, 0.1) is 18.7 Å². The summed E-state index contributed by atoms with van der Waals surface area (Å²) >= 11 is 0. The number of likely N-dealkylation sites (tertiary alicyclic amines) is 1. The molecule has 0 radical (unpaired) electrons. The standard InChI is InChI=1S/C34H29NO7/c1-21-16-25(11-15-27(21)40-19-22-6-4-3-5-7-22)32(36)30-31(24-9-12-26(39-2)13-10-24)35(34(38)33(30)37)18-23-8-14-28-29(17-23)42-20-41-28/h3-17,31,36H,18-20H2,1-2H3/b32-30+. The minimum absolute atomic E-state index is 0.0169. The summed E-state index contributed by atoms with van der Waals surface area (Å²) in [5, 5.41) is 11.6. The number of aryl methyl sites for hydroxylation is 1. The van der Waals surface area contributed by atoms with E-state index in [1.807, 2.05) is 43.3 Å². The van der Waals surface area contributed by atoms with Crippen LogP contribution in [0.5, 0.6) is 23.0 Å². The minimum Gasteiger partial charge on any atom is -0.507 e. The van der Waals surface area contributed by atoms with Gasteiger partial charge in [0.2, 0.25) is 6.79 Å². The van der Waals surface area contributed by atoms with Gasteiger partial charge < -0.3 is 29.0 Å². The van der Waals surface area contributed by atoms with E-state index in [0.29, 0.717) is 40.7 Å². The van der Waals surface area contributed by atoms with E-state index < -0.39 is 17.7 Å². The summed E-state index contributed by atoms with van der Waals surface area (Å²) in [6.45, 7) is 2.52. The summed E-state index contributed by atoms with van der Waals surface area (Å²) in [6.07, 6.45) is 0. The van der Waals surface area contributed by atoms with Gasteiger partial charge in [0.15, 0.2) is 11.5 Å². The van der Waals surface area contributed by atoms with Gasteiger partial charge in [0.25, 0.3) is 11.7 Å². The Labute approximate surface area is 243 Å². The maximum absolute atomic E-state index is 13.5. The first-order chi connectivity index (χ1) is 20.4. The van der Waals surface area contributed by atoms with Crippen LogP contribution < -0.4 is 18.9 Å². The van der Waals surface area contributed by atoms with Crippen molar-refractivity contribution < 1.29 is 33.6 Å². The number of benzene rings is 4. The normalized spacial score (nSPS) is 17.0. The molecule has 212 valence electrons. The van der Waals surface area contributed by atoms with E-state index >= 15 is 0 Å². The average Bonchev–Trinajstić information content (AvgIpc) is 3.58. The van der Waals surface area contributed by atoms with Crippen LogP contribution in [0.4, 0.5) is 0 Å². The highest BCUT2D eigenvalue weighted by molar-refractivity contribution is 6.46. The Morgan fingerprint density at radius 1 is 0.905 bits per heavy atom. The number of nitrogens with zero attached hydrogens (tertiary/aromatic N) is 1. The van der Waals surface area contributed by atoms with Gasteiger partial charge in [-0.3, -0.25) is 9.59 Å². The molecule has 1 unspecified atom stereocenters. The Bertz CT molecular complexity index is 1680.